The smallest absolute Gasteiger partial charge is 0.310 e. The van der Waals surface area contributed by atoms with Gasteiger partial charge < -0.3 is 10.1 Å². The van der Waals surface area contributed by atoms with Crippen LogP contribution in [0.4, 0.5) is 5.69 Å². The maximum absolute atomic E-state index is 11.2. The molecule has 0 heterocycles. The summed E-state index contributed by atoms with van der Waals surface area (Å²) in [5.41, 5.74) is 0.798. The number of hydrogen-bond donors (Lipinski definition) is 1. The molecule has 88 valence electrons. The highest BCUT2D eigenvalue weighted by atomic mass is 79.9. The van der Waals surface area contributed by atoms with Gasteiger partial charge in [0.1, 0.15) is 0 Å². The van der Waals surface area contributed by atoms with Crippen molar-refractivity contribution in [3.8, 4) is 0 Å². The molecule has 1 atom stereocenters. The second-order valence-corrected chi connectivity index (χ2v) is 4.75. The lowest BCUT2D eigenvalue weighted by molar-refractivity contribution is -0.144. The van der Waals surface area contributed by atoms with Gasteiger partial charge in [-0.15, -0.1) is 0 Å². The number of ether oxygens (including phenoxy) is 1. The van der Waals surface area contributed by atoms with Gasteiger partial charge in [-0.3, -0.25) is 4.79 Å². The lowest BCUT2D eigenvalue weighted by Crippen LogP contribution is -2.21. The van der Waals surface area contributed by atoms with Gasteiger partial charge in [0.05, 0.1) is 23.7 Å². The van der Waals surface area contributed by atoms with Gasteiger partial charge in [-0.05, 0) is 18.2 Å². The Hall–Kier alpha value is -0.740. The summed E-state index contributed by atoms with van der Waals surface area (Å²) in [5, 5.41) is 3.73. The molecule has 1 aromatic rings. The van der Waals surface area contributed by atoms with Gasteiger partial charge in [-0.25, -0.2) is 0 Å². The van der Waals surface area contributed by atoms with Crippen LogP contribution in [0.5, 0.6) is 0 Å². The summed E-state index contributed by atoms with van der Waals surface area (Å²) in [6, 6.07) is 5.51. The molecule has 1 rings (SSSR count). The minimum absolute atomic E-state index is 0.208. The second kappa shape index (κ2) is 6.11. The molecule has 0 fully saturated rings. The molecule has 0 saturated carbocycles. The van der Waals surface area contributed by atoms with E-state index in [1.165, 1.54) is 7.11 Å². The Morgan fingerprint density at radius 2 is 2.31 bits per heavy atom. The van der Waals surface area contributed by atoms with Crippen molar-refractivity contribution < 1.29 is 9.53 Å². The molecular formula is C11H13BrClNO2. The zero-order valence-corrected chi connectivity index (χ0v) is 11.4. The highest BCUT2D eigenvalue weighted by Gasteiger charge is 2.13. The van der Waals surface area contributed by atoms with Crippen molar-refractivity contribution in [3.63, 3.8) is 0 Å². The Kier molecular flexibility index (Phi) is 5.09. The number of esters is 1. The van der Waals surface area contributed by atoms with Gasteiger partial charge in [-0.2, -0.15) is 0 Å². The Labute approximate surface area is 108 Å². The summed E-state index contributed by atoms with van der Waals surface area (Å²) in [7, 11) is 1.38. The Morgan fingerprint density at radius 1 is 1.62 bits per heavy atom. The summed E-state index contributed by atoms with van der Waals surface area (Å²) in [6.07, 6.45) is 0. The Morgan fingerprint density at radius 3 is 2.94 bits per heavy atom. The van der Waals surface area contributed by atoms with Crippen molar-refractivity contribution in [2.45, 2.75) is 6.92 Å². The number of carbonyl (C=O) groups is 1. The van der Waals surface area contributed by atoms with Crippen LogP contribution >= 0.6 is 27.5 Å². The van der Waals surface area contributed by atoms with Gasteiger partial charge in [0, 0.05) is 11.0 Å². The number of hydrogen-bond acceptors (Lipinski definition) is 3. The zero-order valence-electron chi connectivity index (χ0n) is 9.09. The minimum Gasteiger partial charge on any atom is -0.469 e. The van der Waals surface area contributed by atoms with E-state index in [1.807, 2.05) is 12.1 Å². The predicted molar refractivity (Wildman–Crippen MR) is 68.8 cm³/mol. The molecule has 0 aliphatic carbocycles. The molecule has 5 heteroatoms. The van der Waals surface area contributed by atoms with Crippen molar-refractivity contribution in [2.75, 3.05) is 19.0 Å². The molecule has 1 N–H and O–H groups in total. The van der Waals surface area contributed by atoms with E-state index in [4.69, 9.17) is 11.6 Å². The predicted octanol–water partition coefficient (Wildman–Crippen LogP) is 3.32. The highest BCUT2D eigenvalue weighted by molar-refractivity contribution is 9.10. The second-order valence-electron chi connectivity index (χ2n) is 3.43. The van der Waals surface area contributed by atoms with Crippen LogP contribution in [0.25, 0.3) is 0 Å². The average Bonchev–Trinajstić information content (AvgIpc) is 2.28. The molecule has 3 nitrogen and oxygen atoms in total. The molecule has 1 aromatic carbocycles. The standard InChI is InChI=1S/C11H13BrClNO2/c1-7(11(15)16-2)6-14-10-5-8(12)3-4-9(10)13/h3-5,7,14H,6H2,1-2H3. The molecule has 0 aromatic heterocycles. The van der Waals surface area contributed by atoms with E-state index < -0.39 is 0 Å². The molecular weight excluding hydrogens is 293 g/mol. The largest absolute Gasteiger partial charge is 0.469 e. The molecule has 16 heavy (non-hydrogen) atoms. The first-order chi connectivity index (χ1) is 7.54. The van der Waals surface area contributed by atoms with Crippen LogP contribution in [0.15, 0.2) is 22.7 Å². The van der Waals surface area contributed by atoms with Gasteiger partial charge in [-0.1, -0.05) is 34.5 Å². The fourth-order valence-corrected chi connectivity index (χ4v) is 1.73. The third kappa shape index (κ3) is 3.68. The van der Waals surface area contributed by atoms with E-state index in [0.717, 1.165) is 10.2 Å². The quantitative estimate of drug-likeness (QED) is 0.867. The van der Waals surface area contributed by atoms with E-state index in [9.17, 15) is 4.79 Å². The van der Waals surface area contributed by atoms with Crippen molar-refractivity contribution in [1.29, 1.82) is 0 Å². The molecule has 0 spiro atoms. The summed E-state index contributed by atoms with van der Waals surface area (Å²) in [4.78, 5) is 11.2. The first-order valence-corrected chi connectivity index (χ1v) is 5.98. The number of halogens is 2. The SMILES string of the molecule is COC(=O)C(C)CNc1cc(Br)ccc1Cl. The van der Waals surface area contributed by atoms with Crippen LogP contribution in [-0.2, 0) is 9.53 Å². The van der Waals surface area contributed by atoms with Crippen molar-refractivity contribution in [2.24, 2.45) is 5.92 Å². The maximum atomic E-state index is 11.2. The fourth-order valence-electron chi connectivity index (χ4n) is 1.18. The summed E-state index contributed by atoms with van der Waals surface area (Å²) < 4.78 is 5.57. The Balaban J connectivity index is 2.60. The fraction of sp³-hybridized carbons (Fsp3) is 0.364. The van der Waals surface area contributed by atoms with Crippen LogP contribution in [0, 0.1) is 5.92 Å². The molecule has 0 aliphatic heterocycles. The minimum atomic E-state index is -0.237. The topological polar surface area (TPSA) is 38.3 Å². The Bertz CT molecular complexity index is 384. The van der Waals surface area contributed by atoms with Gasteiger partial charge in [0.15, 0.2) is 0 Å². The normalized spacial score (nSPS) is 12.0. The zero-order chi connectivity index (χ0) is 12.1. The number of benzene rings is 1. The monoisotopic (exact) mass is 305 g/mol. The summed E-state index contributed by atoms with van der Waals surface area (Å²) >= 11 is 9.35. The van der Waals surface area contributed by atoms with Crippen LogP contribution in [0.1, 0.15) is 6.92 Å². The van der Waals surface area contributed by atoms with Crippen molar-refractivity contribution in [1.82, 2.24) is 0 Å². The molecule has 0 aliphatic rings. The van der Waals surface area contributed by atoms with E-state index >= 15 is 0 Å². The number of carbonyl (C=O) groups excluding carboxylic acids is 1. The lowest BCUT2D eigenvalue weighted by Gasteiger charge is -2.12. The van der Waals surface area contributed by atoms with Gasteiger partial charge in [0.25, 0.3) is 0 Å². The highest BCUT2D eigenvalue weighted by Crippen LogP contribution is 2.25. The van der Waals surface area contributed by atoms with Crippen LogP contribution in [-0.4, -0.2) is 19.6 Å². The van der Waals surface area contributed by atoms with Crippen molar-refractivity contribution >= 4 is 39.2 Å². The first-order valence-electron chi connectivity index (χ1n) is 4.81. The van der Waals surface area contributed by atoms with Crippen molar-refractivity contribution in [3.05, 3.63) is 27.7 Å². The average molecular weight is 307 g/mol. The summed E-state index contributed by atoms with van der Waals surface area (Å²) in [5.74, 6) is -0.446. The number of methoxy groups -OCH3 is 1. The molecule has 1 unspecified atom stereocenters. The number of anilines is 1. The van der Waals surface area contributed by atoms with E-state index in [2.05, 4.69) is 26.0 Å². The van der Waals surface area contributed by atoms with Crippen LogP contribution < -0.4 is 5.32 Å². The summed E-state index contributed by atoms with van der Waals surface area (Å²) in [6.45, 7) is 2.29. The van der Waals surface area contributed by atoms with E-state index in [-0.39, 0.29) is 11.9 Å². The van der Waals surface area contributed by atoms with Crippen LogP contribution in [0.2, 0.25) is 5.02 Å². The first kappa shape index (κ1) is 13.3. The lowest BCUT2D eigenvalue weighted by atomic mass is 10.2. The molecule has 0 amide bonds. The number of rotatable bonds is 4. The number of nitrogens with one attached hydrogen (secondary N) is 1. The third-order valence-corrected chi connectivity index (χ3v) is 2.95. The molecule has 0 radical (unpaired) electrons. The van der Waals surface area contributed by atoms with E-state index in [0.29, 0.717) is 11.6 Å². The molecule has 0 saturated heterocycles. The third-order valence-electron chi connectivity index (χ3n) is 2.13. The van der Waals surface area contributed by atoms with Gasteiger partial charge in [0.2, 0.25) is 0 Å². The van der Waals surface area contributed by atoms with Crippen LogP contribution in [0.3, 0.4) is 0 Å². The van der Waals surface area contributed by atoms with Gasteiger partial charge >= 0.3 is 5.97 Å². The maximum Gasteiger partial charge on any atom is 0.310 e. The van der Waals surface area contributed by atoms with E-state index in [1.54, 1.807) is 13.0 Å². The molecule has 0 bridgehead atoms.